The van der Waals surface area contributed by atoms with Gasteiger partial charge in [-0.15, -0.1) is 0 Å². The molecule has 0 atom stereocenters. The zero-order chi connectivity index (χ0) is 18.4. The summed E-state index contributed by atoms with van der Waals surface area (Å²) in [7, 11) is 3.91. The van der Waals surface area contributed by atoms with Crippen molar-refractivity contribution in [1.82, 2.24) is 10.2 Å². The molecule has 0 aliphatic rings. The van der Waals surface area contributed by atoms with E-state index in [2.05, 4.69) is 10.6 Å². The predicted molar refractivity (Wildman–Crippen MR) is 101 cm³/mol. The van der Waals surface area contributed by atoms with E-state index < -0.39 is 0 Å². The molecule has 2 aromatic rings. The van der Waals surface area contributed by atoms with Crippen LogP contribution in [0.2, 0.25) is 0 Å². The molecule has 25 heavy (non-hydrogen) atoms. The Kier molecular flexibility index (Phi) is 6.31. The van der Waals surface area contributed by atoms with E-state index >= 15 is 0 Å². The Morgan fingerprint density at radius 3 is 2.12 bits per heavy atom. The summed E-state index contributed by atoms with van der Waals surface area (Å²) in [5.41, 5.74) is 4.04. The summed E-state index contributed by atoms with van der Waals surface area (Å²) in [4.78, 5) is 26.4. The lowest BCUT2D eigenvalue weighted by Gasteiger charge is -2.11. The maximum atomic E-state index is 12.4. The van der Waals surface area contributed by atoms with Crippen molar-refractivity contribution in [2.24, 2.45) is 0 Å². The first kappa shape index (κ1) is 18.7. The molecule has 0 radical (unpaired) electrons. The van der Waals surface area contributed by atoms with Gasteiger partial charge in [0.15, 0.2) is 0 Å². The Morgan fingerprint density at radius 1 is 0.920 bits per heavy atom. The summed E-state index contributed by atoms with van der Waals surface area (Å²) in [6.07, 6.45) is 0. The van der Waals surface area contributed by atoms with Gasteiger partial charge in [-0.05, 0) is 69.4 Å². The van der Waals surface area contributed by atoms with E-state index in [1.54, 1.807) is 24.3 Å². The van der Waals surface area contributed by atoms with Gasteiger partial charge in [0.1, 0.15) is 0 Å². The van der Waals surface area contributed by atoms with Crippen molar-refractivity contribution < 1.29 is 9.59 Å². The number of likely N-dealkylation sites (N-methyl/N-ethyl adjacent to an activating group) is 1. The highest BCUT2D eigenvalue weighted by atomic mass is 16.2. The van der Waals surface area contributed by atoms with Crippen molar-refractivity contribution in [3.8, 4) is 0 Å². The lowest BCUT2D eigenvalue weighted by Crippen LogP contribution is -2.31. The van der Waals surface area contributed by atoms with E-state index in [0.717, 1.165) is 23.4 Å². The van der Waals surface area contributed by atoms with Crippen molar-refractivity contribution >= 4 is 17.5 Å². The molecule has 132 valence electrons. The second-order valence-electron chi connectivity index (χ2n) is 6.34. The minimum Gasteiger partial charge on any atom is -0.351 e. The number of amides is 2. The summed E-state index contributed by atoms with van der Waals surface area (Å²) < 4.78 is 0. The van der Waals surface area contributed by atoms with Gasteiger partial charge in [-0.3, -0.25) is 9.59 Å². The third-order valence-electron chi connectivity index (χ3n) is 4.11. The molecule has 2 amide bonds. The van der Waals surface area contributed by atoms with Crippen molar-refractivity contribution in [3.05, 3.63) is 64.7 Å². The molecule has 0 saturated heterocycles. The molecule has 0 aromatic heterocycles. The number of carbonyl (C=O) groups is 2. The maximum absolute atomic E-state index is 12.4. The summed E-state index contributed by atoms with van der Waals surface area (Å²) in [6.45, 7) is 5.35. The number of rotatable bonds is 6. The maximum Gasteiger partial charge on any atom is 0.255 e. The number of hydrogen-bond acceptors (Lipinski definition) is 3. The average molecular weight is 339 g/mol. The molecule has 2 aromatic carbocycles. The van der Waals surface area contributed by atoms with Crippen molar-refractivity contribution in [2.75, 3.05) is 32.5 Å². The standard InChI is InChI=1S/C20H25N3O2/c1-14-6-5-7-18(15(14)2)22-20(25)17-10-8-16(9-11-17)19(24)21-12-13-23(3)4/h5-11H,12-13H2,1-4H3,(H,21,24)(H,22,25). The van der Waals surface area contributed by atoms with Crippen LogP contribution in [-0.2, 0) is 0 Å². The monoisotopic (exact) mass is 339 g/mol. The minimum atomic E-state index is -0.187. The van der Waals surface area contributed by atoms with Crippen LogP contribution >= 0.6 is 0 Å². The van der Waals surface area contributed by atoms with Crippen LogP contribution in [-0.4, -0.2) is 43.9 Å². The Morgan fingerprint density at radius 2 is 1.52 bits per heavy atom. The molecule has 0 fully saturated rings. The zero-order valence-electron chi connectivity index (χ0n) is 15.2. The molecule has 0 spiro atoms. The summed E-state index contributed by atoms with van der Waals surface area (Å²) in [5.74, 6) is -0.323. The zero-order valence-corrected chi connectivity index (χ0v) is 15.2. The lowest BCUT2D eigenvalue weighted by atomic mass is 10.1. The number of benzene rings is 2. The van der Waals surface area contributed by atoms with Crippen LogP contribution in [0.5, 0.6) is 0 Å². The van der Waals surface area contributed by atoms with Gasteiger partial charge < -0.3 is 15.5 Å². The molecule has 0 aliphatic heterocycles. The Labute approximate surface area is 149 Å². The number of nitrogens with zero attached hydrogens (tertiary/aromatic N) is 1. The third-order valence-corrected chi connectivity index (χ3v) is 4.11. The number of carbonyl (C=O) groups excluding carboxylic acids is 2. The second-order valence-corrected chi connectivity index (χ2v) is 6.34. The summed E-state index contributed by atoms with van der Waals surface area (Å²) >= 11 is 0. The first-order chi connectivity index (χ1) is 11.9. The van der Waals surface area contributed by atoms with Crippen LogP contribution in [0.25, 0.3) is 0 Å². The Hall–Kier alpha value is -2.66. The topological polar surface area (TPSA) is 61.4 Å². The fourth-order valence-corrected chi connectivity index (χ4v) is 2.35. The summed E-state index contributed by atoms with van der Waals surface area (Å²) in [6, 6.07) is 12.5. The fraction of sp³-hybridized carbons (Fsp3) is 0.300. The largest absolute Gasteiger partial charge is 0.351 e. The van der Waals surface area contributed by atoms with Gasteiger partial charge in [-0.2, -0.15) is 0 Å². The van der Waals surface area contributed by atoms with E-state index in [-0.39, 0.29) is 11.8 Å². The van der Waals surface area contributed by atoms with Gasteiger partial charge in [0, 0.05) is 29.9 Å². The highest BCUT2D eigenvalue weighted by Gasteiger charge is 2.10. The van der Waals surface area contributed by atoms with Crippen molar-refractivity contribution in [2.45, 2.75) is 13.8 Å². The van der Waals surface area contributed by atoms with Crippen LogP contribution in [0.15, 0.2) is 42.5 Å². The quantitative estimate of drug-likeness (QED) is 0.851. The highest BCUT2D eigenvalue weighted by molar-refractivity contribution is 6.05. The van der Waals surface area contributed by atoms with E-state index in [1.165, 1.54) is 0 Å². The molecular weight excluding hydrogens is 314 g/mol. The molecule has 0 aliphatic carbocycles. The molecule has 2 N–H and O–H groups in total. The Balaban J connectivity index is 2.00. The van der Waals surface area contributed by atoms with Gasteiger partial charge in [-0.1, -0.05) is 12.1 Å². The number of aryl methyl sites for hydroxylation is 1. The Bertz CT molecular complexity index is 752. The average Bonchev–Trinajstić information content (AvgIpc) is 2.58. The second kappa shape index (κ2) is 8.44. The number of nitrogens with one attached hydrogen (secondary N) is 2. The van der Waals surface area contributed by atoms with E-state index in [1.807, 2.05) is 51.0 Å². The van der Waals surface area contributed by atoms with E-state index in [0.29, 0.717) is 17.7 Å². The van der Waals surface area contributed by atoms with Crippen LogP contribution in [0.1, 0.15) is 31.8 Å². The third kappa shape index (κ3) is 5.16. The molecular formula is C20H25N3O2. The van der Waals surface area contributed by atoms with E-state index in [9.17, 15) is 9.59 Å². The van der Waals surface area contributed by atoms with Crippen LogP contribution in [0, 0.1) is 13.8 Å². The highest BCUT2D eigenvalue weighted by Crippen LogP contribution is 2.19. The SMILES string of the molecule is Cc1cccc(NC(=O)c2ccc(C(=O)NCCN(C)C)cc2)c1C. The molecule has 0 bridgehead atoms. The smallest absolute Gasteiger partial charge is 0.255 e. The van der Waals surface area contributed by atoms with Gasteiger partial charge in [0.05, 0.1) is 0 Å². The lowest BCUT2D eigenvalue weighted by molar-refractivity contribution is 0.0949. The van der Waals surface area contributed by atoms with Crippen LogP contribution < -0.4 is 10.6 Å². The molecule has 0 heterocycles. The molecule has 0 unspecified atom stereocenters. The number of hydrogen-bond donors (Lipinski definition) is 2. The predicted octanol–water partition coefficient (Wildman–Crippen LogP) is 2.85. The van der Waals surface area contributed by atoms with Gasteiger partial charge in [0.2, 0.25) is 0 Å². The molecule has 0 saturated carbocycles. The summed E-state index contributed by atoms with van der Waals surface area (Å²) in [5, 5.41) is 5.77. The van der Waals surface area contributed by atoms with E-state index in [4.69, 9.17) is 0 Å². The van der Waals surface area contributed by atoms with Crippen LogP contribution in [0.4, 0.5) is 5.69 Å². The van der Waals surface area contributed by atoms with Gasteiger partial charge in [-0.25, -0.2) is 0 Å². The normalized spacial score (nSPS) is 10.6. The molecule has 2 rings (SSSR count). The van der Waals surface area contributed by atoms with Gasteiger partial charge >= 0.3 is 0 Å². The van der Waals surface area contributed by atoms with Gasteiger partial charge in [0.25, 0.3) is 11.8 Å². The molecule has 5 heteroatoms. The first-order valence-electron chi connectivity index (χ1n) is 8.29. The molecule has 5 nitrogen and oxygen atoms in total. The number of anilines is 1. The van der Waals surface area contributed by atoms with Crippen molar-refractivity contribution in [1.29, 1.82) is 0 Å². The van der Waals surface area contributed by atoms with Crippen LogP contribution in [0.3, 0.4) is 0 Å². The minimum absolute atomic E-state index is 0.136. The van der Waals surface area contributed by atoms with Crippen molar-refractivity contribution in [3.63, 3.8) is 0 Å². The first-order valence-corrected chi connectivity index (χ1v) is 8.29. The fourth-order valence-electron chi connectivity index (χ4n) is 2.35.